The first-order valence-electron chi connectivity index (χ1n) is 10.9. The molecule has 2 atom stereocenters. The third-order valence-electron chi connectivity index (χ3n) is 5.60. The van der Waals surface area contributed by atoms with Gasteiger partial charge in [-0.25, -0.2) is 4.79 Å². The number of amides is 2. The first kappa shape index (κ1) is 24.1. The summed E-state index contributed by atoms with van der Waals surface area (Å²) >= 11 is 0. The highest BCUT2D eigenvalue weighted by Gasteiger charge is 2.37. The van der Waals surface area contributed by atoms with E-state index in [2.05, 4.69) is 5.32 Å². The minimum atomic E-state index is -1.07. The zero-order chi connectivity index (χ0) is 23.6. The molecule has 0 aromatic heterocycles. The lowest BCUT2D eigenvalue weighted by molar-refractivity contribution is -0.136. The molecule has 33 heavy (non-hydrogen) atoms. The van der Waals surface area contributed by atoms with E-state index in [4.69, 9.17) is 4.74 Å². The number of likely N-dealkylation sites (tertiary alicyclic amines) is 1. The molecule has 0 saturated carbocycles. The van der Waals surface area contributed by atoms with Gasteiger partial charge in [0.15, 0.2) is 5.78 Å². The Kier molecular flexibility index (Phi) is 8.71. The average Bonchev–Trinajstić information content (AvgIpc) is 2.85. The van der Waals surface area contributed by atoms with E-state index < -0.39 is 36.5 Å². The molecular formula is C25H28N2O6. The number of nitrogens with one attached hydrogen (secondary N) is 1. The number of hydrogen-bond donors (Lipinski definition) is 2. The largest absolute Gasteiger partial charge is 0.445 e. The summed E-state index contributed by atoms with van der Waals surface area (Å²) < 4.78 is 5.35. The van der Waals surface area contributed by atoms with Crippen molar-refractivity contribution in [3.05, 3.63) is 71.8 Å². The zero-order valence-electron chi connectivity index (χ0n) is 18.3. The van der Waals surface area contributed by atoms with Gasteiger partial charge in [-0.15, -0.1) is 0 Å². The Bertz CT molecular complexity index is 963. The lowest BCUT2D eigenvalue weighted by atomic mass is 9.98. The summed E-state index contributed by atoms with van der Waals surface area (Å²) in [7, 11) is 0. The van der Waals surface area contributed by atoms with Crippen molar-refractivity contribution in [2.75, 3.05) is 13.2 Å². The molecule has 3 rings (SSSR count). The van der Waals surface area contributed by atoms with Crippen LogP contribution >= 0.6 is 0 Å². The number of hydrogen-bond acceptors (Lipinski definition) is 6. The van der Waals surface area contributed by atoms with E-state index in [9.17, 15) is 24.3 Å². The maximum Gasteiger partial charge on any atom is 0.410 e. The van der Waals surface area contributed by atoms with Crippen LogP contribution < -0.4 is 5.32 Å². The molecule has 1 heterocycles. The molecule has 8 nitrogen and oxygen atoms in total. The number of benzene rings is 2. The SMILES string of the molecule is O=C1CCN(C(=O)OCc2ccccc2)[C@H](C(=O)N[C@H](CCc2ccccc2)C(=O)CO)C1. The van der Waals surface area contributed by atoms with E-state index in [-0.39, 0.29) is 38.2 Å². The number of piperidine rings is 1. The number of rotatable bonds is 9. The van der Waals surface area contributed by atoms with E-state index in [1.165, 1.54) is 4.90 Å². The number of aryl methyl sites for hydroxylation is 1. The van der Waals surface area contributed by atoms with Gasteiger partial charge in [-0.2, -0.15) is 0 Å². The Labute approximate surface area is 192 Å². The second kappa shape index (κ2) is 11.9. The van der Waals surface area contributed by atoms with Crippen LogP contribution in [0.2, 0.25) is 0 Å². The van der Waals surface area contributed by atoms with E-state index in [1.807, 2.05) is 60.7 Å². The fourth-order valence-electron chi connectivity index (χ4n) is 3.73. The standard InChI is InChI=1S/C25H28N2O6/c28-16-23(30)21(12-11-18-7-3-1-4-8-18)26-24(31)22-15-20(29)13-14-27(22)25(32)33-17-19-9-5-2-6-10-19/h1-10,21-22,28H,11-17H2,(H,26,31)/t21-,22+/m1/s1. The van der Waals surface area contributed by atoms with Crippen LogP contribution in [0.4, 0.5) is 4.79 Å². The fraction of sp³-hybridized carbons (Fsp3) is 0.360. The summed E-state index contributed by atoms with van der Waals surface area (Å²) in [5, 5.41) is 12.0. The van der Waals surface area contributed by atoms with Crippen LogP contribution in [0.15, 0.2) is 60.7 Å². The number of nitrogens with zero attached hydrogens (tertiary/aromatic N) is 1. The van der Waals surface area contributed by atoms with Gasteiger partial charge in [0, 0.05) is 19.4 Å². The molecule has 8 heteroatoms. The molecule has 1 saturated heterocycles. The molecule has 0 aliphatic carbocycles. The first-order valence-corrected chi connectivity index (χ1v) is 10.9. The van der Waals surface area contributed by atoms with Gasteiger partial charge < -0.3 is 15.2 Å². The second-order valence-corrected chi connectivity index (χ2v) is 7.95. The average molecular weight is 453 g/mol. The number of Topliss-reactive ketones (excluding diaryl/α,β-unsaturated/α-hetero) is 2. The third-order valence-corrected chi connectivity index (χ3v) is 5.60. The van der Waals surface area contributed by atoms with Crippen LogP contribution in [0.5, 0.6) is 0 Å². The minimum absolute atomic E-state index is 0.0428. The molecule has 2 aromatic rings. The molecule has 1 aliphatic heterocycles. The molecule has 1 aliphatic rings. The van der Waals surface area contributed by atoms with Crippen molar-refractivity contribution in [2.24, 2.45) is 0 Å². The molecule has 2 aromatic carbocycles. The van der Waals surface area contributed by atoms with Gasteiger partial charge in [0.2, 0.25) is 5.91 Å². The first-order chi connectivity index (χ1) is 16.0. The zero-order valence-corrected chi connectivity index (χ0v) is 18.3. The Morgan fingerprint density at radius 2 is 1.67 bits per heavy atom. The summed E-state index contributed by atoms with van der Waals surface area (Å²) in [6.45, 7) is -0.611. The second-order valence-electron chi connectivity index (χ2n) is 7.95. The van der Waals surface area contributed by atoms with Crippen molar-refractivity contribution in [3.8, 4) is 0 Å². The lowest BCUT2D eigenvalue weighted by Crippen LogP contribution is -2.56. The maximum absolute atomic E-state index is 13.0. The maximum atomic E-state index is 13.0. The van der Waals surface area contributed by atoms with Gasteiger partial charge in [0.1, 0.15) is 25.0 Å². The van der Waals surface area contributed by atoms with Crippen molar-refractivity contribution in [1.82, 2.24) is 10.2 Å². The van der Waals surface area contributed by atoms with E-state index in [0.29, 0.717) is 6.42 Å². The Hall–Kier alpha value is -3.52. The quantitative estimate of drug-likeness (QED) is 0.602. The summed E-state index contributed by atoms with van der Waals surface area (Å²) in [5.74, 6) is -1.28. The topological polar surface area (TPSA) is 113 Å². The van der Waals surface area contributed by atoms with Gasteiger partial charge in [0.25, 0.3) is 0 Å². The highest BCUT2D eigenvalue weighted by molar-refractivity contribution is 5.96. The van der Waals surface area contributed by atoms with Gasteiger partial charge >= 0.3 is 6.09 Å². The summed E-state index contributed by atoms with van der Waals surface area (Å²) in [5.41, 5.74) is 1.79. The van der Waals surface area contributed by atoms with Crippen LogP contribution in [-0.4, -0.2) is 58.8 Å². The Morgan fingerprint density at radius 1 is 1.03 bits per heavy atom. The highest BCUT2D eigenvalue weighted by atomic mass is 16.6. The molecule has 2 N–H and O–H groups in total. The van der Waals surface area contributed by atoms with E-state index in [1.54, 1.807) is 0 Å². The molecule has 174 valence electrons. The van der Waals surface area contributed by atoms with Gasteiger partial charge in [-0.1, -0.05) is 60.7 Å². The number of carbonyl (C=O) groups is 4. The number of ketones is 2. The van der Waals surface area contributed by atoms with Crippen LogP contribution in [-0.2, 0) is 32.1 Å². The highest BCUT2D eigenvalue weighted by Crippen LogP contribution is 2.18. The number of carbonyl (C=O) groups excluding carboxylic acids is 4. The number of ether oxygens (including phenoxy) is 1. The van der Waals surface area contributed by atoms with Crippen LogP contribution in [0, 0.1) is 0 Å². The van der Waals surface area contributed by atoms with E-state index in [0.717, 1.165) is 11.1 Å². The van der Waals surface area contributed by atoms with Crippen molar-refractivity contribution < 1.29 is 29.0 Å². The van der Waals surface area contributed by atoms with Crippen molar-refractivity contribution in [1.29, 1.82) is 0 Å². The predicted octanol–water partition coefficient (Wildman–Crippen LogP) is 2.04. The molecule has 0 bridgehead atoms. The molecule has 0 radical (unpaired) electrons. The van der Waals surface area contributed by atoms with Crippen LogP contribution in [0.25, 0.3) is 0 Å². The fourth-order valence-corrected chi connectivity index (χ4v) is 3.73. The molecule has 1 fully saturated rings. The normalized spacial score (nSPS) is 16.7. The molecular weight excluding hydrogens is 424 g/mol. The van der Waals surface area contributed by atoms with Crippen molar-refractivity contribution >= 4 is 23.6 Å². The number of aliphatic hydroxyl groups excluding tert-OH is 1. The number of aliphatic hydroxyl groups is 1. The molecule has 0 spiro atoms. The van der Waals surface area contributed by atoms with Gasteiger partial charge in [0.05, 0.1) is 6.04 Å². The molecule has 2 amide bonds. The summed E-state index contributed by atoms with van der Waals surface area (Å²) in [4.78, 5) is 51.2. The molecule has 0 unspecified atom stereocenters. The monoisotopic (exact) mass is 452 g/mol. The lowest BCUT2D eigenvalue weighted by Gasteiger charge is -2.34. The van der Waals surface area contributed by atoms with Crippen LogP contribution in [0.1, 0.15) is 30.4 Å². The third kappa shape index (κ3) is 6.98. The summed E-state index contributed by atoms with van der Waals surface area (Å²) in [6, 6.07) is 16.6. The van der Waals surface area contributed by atoms with Crippen molar-refractivity contribution in [2.45, 2.75) is 44.4 Å². The Balaban J connectivity index is 1.65. The predicted molar refractivity (Wildman–Crippen MR) is 120 cm³/mol. The minimum Gasteiger partial charge on any atom is -0.445 e. The van der Waals surface area contributed by atoms with Crippen molar-refractivity contribution in [3.63, 3.8) is 0 Å². The van der Waals surface area contributed by atoms with Gasteiger partial charge in [-0.3, -0.25) is 19.3 Å². The van der Waals surface area contributed by atoms with Crippen LogP contribution in [0.3, 0.4) is 0 Å². The smallest absolute Gasteiger partial charge is 0.410 e. The Morgan fingerprint density at radius 3 is 2.30 bits per heavy atom. The van der Waals surface area contributed by atoms with E-state index >= 15 is 0 Å². The summed E-state index contributed by atoms with van der Waals surface area (Å²) in [6.07, 6.45) is 0.0984. The van der Waals surface area contributed by atoms with Gasteiger partial charge in [-0.05, 0) is 24.0 Å².